The van der Waals surface area contributed by atoms with Crippen molar-refractivity contribution < 1.29 is 4.42 Å². The summed E-state index contributed by atoms with van der Waals surface area (Å²) in [5.74, 6) is 1.06. The number of H-pyrrole nitrogens is 1. The minimum atomic E-state index is -0.252. The maximum absolute atomic E-state index is 11.6. The van der Waals surface area contributed by atoms with E-state index in [9.17, 15) is 4.79 Å². The predicted molar refractivity (Wildman–Crippen MR) is 69.2 cm³/mol. The lowest BCUT2D eigenvalue weighted by Crippen LogP contribution is -2.15. The van der Waals surface area contributed by atoms with Crippen molar-refractivity contribution in [1.82, 2.24) is 9.97 Å². The minimum absolute atomic E-state index is 0.217. The second-order valence-corrected chi connectivity index (χ2v) is 4.07. The van der Waals surface area contributed by atoms with Gasteiger partial charge in [-0.3, -0.25) is 4.79 Å². The van der Waals surface area contributed by atoms with Crippen molar-refractivity contribution in [3.05, 3.63) is 46.2 Å². The molecule has 90 valence electrons. The summed E-state index contributed by atoms with van der Waals surface area (Å²) in [6.45, 7) is 1.63. The van der Waals surface area contributed by atoms with Gasteiger partial charge in [0.25, 0.3) is 5.56 Å². The molecule has 1 aromatic carbocycles. The number of nitrogens with one attached hydrogen (secondary N) is 1. The summed E-state index contributed by atoms with van der Waals surface area (Å²) in [5.41, 5.74) is 6.59. The van der Waals surface area contributed by atoms with Gasteiger partial charge in [-0.2, -0.15) is 0 Å². The van der Waals surface area contributed by atoms with Gasteiger partial charge in [-0.15, -0.1) is 0 Å². The lowest BCUT2D eigenvalue weighted by molar-refractivity contribution is 0.625. The summed E-state index contributed by atoms with van der Waals surface area (Å²) in [4.78, 5) is 18.4. The van der Waals surface area contributed by atoms with Crippen molar-refractivity contribution in [2.45, 2.75) is 6.92 Å². The number of anilines is 1. The van der Waals surface area contributed by atoms with Crippen molar-refractivity contribution in [2.75, 3.05) is 5.73 Å². The van der Waals surface area contributed by atoms with Gasteiger partial charge in [0.2, 0.25) is 0 Å². The highest BCUT2D eigenvalue weighted by Crippen LogP contribution is 2.25. The molecule has 18 heavy (non-hydrogen) atoms. The lowest BCUT2D eigenvalue weighted by Gasteiger charge is -2.00. The standard InChI is InChI=1S/C13H11N3O2/c1-7-11(14)15-12(16-13(7)17)10-6-8-4-2-3-5-9(8)18-10/h2-6H,1H3,(H3,14,15,16,17). The molecule has 0 saturated heterocycles. The van der Waals surface area contributed by atoms with Crippen molar-refractivity contribution in [1.29, 1.82) is 0 Å². The Morgan fingerprint density at radius 3 is 2.83 bits per heavy atom. The Balaban J connectivity index is 2.23. The number of hydrogen-bond acceptors (Lipinski definition) is 4. The summed E-state index contributed by atoms with van der Waals surface area (Å²) < 4.78 is 5.62. The monoisotopic (exact) mass is 241 g/mol. The first-order valence-electron chi connectivity index (χ1n) is 5.50. The van der Waals surface area contributed by atoms with Crippen LogP contribution in [0.4, 0.5) is 5.82 Å². The number of nitrogens with two attached hydrogens (primary N) is 1. The van der Waals surface area contributed by atoms with Gasteiger partial charge in [-0.1, -0.05) is 18.2 Å². The molecule has 5 heteroatoms. The molecule has 0 aliphatic heterocycles. The van der Waals surface area contributed by atoms with E-state index in [0.29, 0.717) is 17.1 Å². The van der Waals surface area contributed by atoms with Gasteiger partial charge in [0.15, 0.2) is 11.6 Å². The van der Waals surface area contributed by atoms with Crippen LogP contribution in [0.2, 0.25) is 0 Å². The van der Waals surface area contributed by atoms with Crippen molar-refractivity contribution >= 4 is 16.8 Å². The average Bonchev–Trinajstić information content (AvgIpc) is 2.79. The van der Waals surface area contributed by atoms with Gasteiger partial charge < -0.3 is 15.1 Å². The van der Waals surface area contributed by atoms with E-state index in [1.54, 1.807) is 6.92 Å². The topological polar surface area (TPSA) is 84.9 Å². The number of nitrogens with zero attached hydrogens (tertiary/aromatic N) is 1. The number of fused-ring (bicyclic) bond motifs is 1. The fourth-order valence-corrected chi connectivity index (χ4v) is 1.77. The van der Waals surface area contributed by atoms with E-state index in [1.165, 1.54) is 0 Å². The number of hydrogen-bond donors (Lipinski definition) is 2. The lowest BCUT2D eigenvalue weighted by atomic mass is 10.2. The fourth-order valence-electron chi connectivity index (χ4n) is 1.77. The molecule has 0 fully saturated rings. The molecule has 0 saturated carbocycles. The molecule has 2 aromatic heterocycles. The SMILES string of the molecule is Cc1c(N)nc(-c2cc3ccccc3o2)[nH]c1=O. The molecule has 0 aliphatic carbocycles. The Morgan fingerprint density at radius 2 is 2.11 bits per heavy atom. The molecule has 0 atom stereocenters. The van der Waals surface area contributed by atoms with Gasteiger partial charge in [0.1, 0.15) is 11.4 Å². The zero-order valence-electron chi connectivity index (χ0n) is 9.73. The second-order valence-electron chi connectivity index (χ2n) is 4.07. The number of furan rings is 1. The van der Waals surface area contributed by atoms with Gasteiger partial charge in [0.05, 0.1) is 5.56 Å². The fraction of sp³-hybridized carbons (Fsp3) is 0.0769. The summed E-state index contributed by atoms with van der Waals surface area (Å²) in [7, 11) is 0. The van der Waals surface area contributed by atoms with E-state index in [1.807, 2.05) is 30.3 Å². The number of nitrogen functional groups attached to an aromatic ring is 1. The molecule has 5 nitrogen and oxygen atoms in total. The largest absolute Gasteiger partial charge is 0.453 e. The molecule has 3 rings (SSSR count). The minimum Gasteiger partial charge on any atom is -0.453 e. The average molecular weight is 241 g/mol. The third kappa shape index (κ3) is 1.57. The summed E-state index contributed by atoms with van der Waals surface area (Å²) in [5, 5.41) is 0.953. The summed E-state index contributed by atoms with van der Waals surface area (Å²) in [6, 6.07) is 9.41. The van der Waals surface area contributed by atoms with Crippen LogP contribution < -0.4 is 11.3 Å². The van der Waals surface area contributed by atoms with Gasteiger partial charge in [-0.25, -0.2) is 4.98 Å². The first kappa shape index (κ1) is 10.6. The molecule has 0 spiro atoms. The molecular formula is C13H11N3O2. The molecule has 0 amide bonds. The Hall–Kier alpha value is -2.56. The van der Waals surface area contributed by atoms with E-state index in [-0.39, 0.29) is 11.4 Å². The van der Waals surface area contributed by atoms with Crippen LogP contribution in [0, 0.1) is 6.92 Å². The van der Waals surface area contributed by atoms with Crippen molar-refractivity contribution in [2.24, 2.45) is 0 Å². The molecule has 2 heterocycles. The smallest absolute Gasteiger partial charge is 0.256 e. The third-order valence-electron chi connectivity index (χ3n) is 2.85. The Bertz CT molecular complexity index is 753. The second kappa shape index (κ2) is 3.73. The maximum atomic E-state index is 11.6. The van der Waals surface area contributed by atoms with Gasteiger partial charge in [0, 0.05) is 5.39 Å². The van der Waals surface area contributed by atoms with Crippen LogP contribution in [0.25, 0.3) is 22.6 Å². The highest BCUT2D eigenvalue weighted by molar-refractivity contribution is 5.81. The Kier molecular flexibility index (Phi) is 2.19. The van der Waals surface area contributed by atoms with E-state index >= 15 is 0 Å². The van der Waals surface area contributed by atoms with E-state index < -0.39 is 0 Å². The highest BCUT2D eigenvalue weighted by atomic mass is 16.3. The zero-order valence-corrected chi connectivity index (χ0v) is 9.73. The van der Waals surface area contributed by atoms with Gasteiger partial charge >= 0.3 is 0 Å². The summed E-state index contributed by atoms with van der Waals surface area (Å²) >= 11 is 0. The van der Waals surface area contributed by atoms with Gasteiger partial charge in [-0.05, 0) is 19.1 Å². The molecule has 0 radical (unpaired) electrons. The first-order valence-corrected chi connectivity index (χ1v) is 5.50. The van der Waals surface area contributed by atoms with E-state index in [2.05, 4.69) is 9.97 Å². The normalized spacial score (nSPS) is 10.9. The predicted octanol–water partition coefficient (Wildman–Crippen LogP) is 2.07. The molecule has 0 aliphatic rings. The maximum Gasteiger partial charge on any atom is 0.256 e. The van der Waals surface area contributed by atoms with E-state index in [4.69, 9.17) is 10.2 Å². The van der Waals surface area contributed by atoms with Crippen LogP contribution in [0.5, 0.6) is 0 Å². The molecule has 0 bridgehead atoms. The zero-order chi connectivity index (χ0) is 12.7. The molecular weight excluding hydrogens is 230 g/mol. The third-order valence-corrected chi connectivity index (χ3v) is 2.85. The number of aromatic amines is 1. The van der Waals surface area contributed by atoms with Crippen LogP contribution in [0.15, 0.2) is 39.5 Å². The Labute approximate surface area is 102 Å². The molecule has 0 unspecified atom stereocenters. The van der Waals surface area contributed by atoms with Crippen LogP contribution >= 0.6 is 0 Å². The van der Waals surface area contributed by atoms with Crippen LogP contribution in [-0.2, 0) is 0 Å². The highest BCUT2D eigenvalue weighted by Gasteiger charge is 2.10. The molecule has 3 aromatic rings. The van der Waals surface area contributed by atoms with E-state index in [0.717, 1.165) is 11.0 Å². The van der Waals surface area contributed by atoms with Crippen molar-refractivity contribution in [3.63, 3.8) is 0 Å². The molecule has 3 N–H and O–H groups in total. The number of aromatic nitrogens is 2. The number of para-hydroxylation sites is 1. The van der Waals surface area contributed by atoms with Crippen LogP contribution in [-0.4, -0.2) is 9.97 Å². The Morgan fingerprint density at radius 1 is 1.33 bits per heavy atom. The van der Waals surface area contributed by atoms with Crippen LogP contribution in [0.1, 0.15) is 5.56 Å². The quantitative estimate of drug-likeness (QED) is 0.683. The van der Waals surface area contributed by atoms with Crippen LogP contribution in [0.3, 0.4) is 0 Å². The summed E-state index contributed by atoms with van der Waals surface area (Å²) in [6.07, 6.45) is 0. The van der Waals surface area contributed by atoms with Crippen molar-refractivity contribution in [3.8, 4) is 11.6 Å². The first-order chi connectivity index (χ1) is 8.65. The number of benzene rings is 1. The number of rotatable bonds is 1.